The predicted molar refractivity (Wildman–Crippen MR) is 84.4 cm³/mol. The maximum absolute atomic E-state index is 13.0. The molecule has 2 aromatic carbocycles. The zero-order valence-electron chi connectivity index (χ0n) is 11.8. The SMILES string of the molecule is Cc1cc(F)ccc1NCC(=O)Nc1cc(Cl)ccc1C. The molecule has 0 saturated heterocycles. The second-order valence-corrected chi connectivity index (χ2v) is 5.26. The first-order valence-corrected chi connectivity index (χ1v) is 6.89. The average molecular weight is 307 g/mol. The third kappa shape index (κ3) is 4.20. The topological polar surface area (TPSA) is 41.1 Å². The van der Waals surface area contributed by atoms with Crippen LogP contribution in [0.5, 0.6) is 0 Å². The summed E-state index contributed by atoms with van der Waals surface area (Å²) in [6.45, 7) is 3.77. The number of aryl methyl sites for hydroxylation is 2. The molecule has 2 N–H and O–H groups in total. The number of hydrogen-bond donors (Lipinski definition) is 2. The molecule has 0 aromatic heterocycles. The van der Waals surface area contributed by atoms with Gasteiger partial charge in [0, 0.05) is 16.4 Å². The van der Waals surface area contributed by atoms with E-state index < -0.39 is 0 Å². The maximum atomic E-state index is 13.0. The molecule has 1 amide bonds. The van der Waals surface area contributed by atoms with Crippen LogP contribution in [-0.4, -0.2) is 12.5 Å². The fraction of sp³-hybridized carbons (Fsp3) is 0.188. The fourth-order valence-corrected chi connectivity index (χ4v) is 2.10. The van der Waals surface area contributed by atoms with E-state index in [-0.39, 0.29) is 18.3 Å². The second kappa shape index (κ2) is 6.59. The highest BCUT2D eigenvalue weighted by Crippen LogP contribution is 2.20. The molecule has 0 atom stereocenters. The van der Waals surface area contributed by atoms with Crippen LogP contribution in [0.25, 0.3) is 0 Å². The second-order valence-electron chi connectivity index (χ2n) is 4.82. The van der Waals surface area contributed by atoms with E-state index in [1.165, 1.54) is 12.1 Å². The lowest BCUT2D eigenvalue weighted by molar-refractivity contribution is -0.114. The Balaban J connectivity index is 1.97. The number of carbonyl (C=O) groups excluding carboxylic acids is 1. The molecule has 0 spiro atoms. The normalized spacial score (nSPS) is 10.3. The third-order valence-corrected chi connectivity index (χ3v) is 3.34. The van der Waals surface area contributed by atoms with Gasteiger partial charge in [0.2, 0.25) is 5.91 Å². The minimum Gasteiger partial charge on any atom is -0.376 e. The first-order valence-electron chi connectivity index (χ1n) is 6.52. The highest BCUT2D eigenvalue weighted by molar-refractivity contribution is 6.31. The number of hydrogen-bond acceptors (Lipinski definition) is 2. The van der Waals surface area contributed by atoms with Crippen LogP contribution in [0.2, 0.25) is 5.02 Å². The van der Waals surface area contributed by atoms with Crippen LogP contribution in [0.4, 0.5) is 15.8 Å². The monoisotopic (exact) mass is 306 g/mol. The van der Waals surface area contributed by atoms with Crippen molar-refractivity contribution >= 4 is 28.9 Å². The molecule has 0 unspecified atom stereocenters. The third-order valence-electron chi connectivity index (χ3n) is 3.10. The average Bonchev–Trinajstić information content (AvgIpc) is 2.42. The standard InChI is InChI=1S/C16H16ClFN2O/c1-10-3-4-12(17)8-15(10)20-16(21)9-19-14-6-5-13(18)7-11(14)2/h3-8,19H,9H2,1-2H3,(H,20,21). The van der Waals surface area contributed by atoms with Gasteiger partial charge in [0.25, 0.3) is 0 Å². The van der Waals surface area contributed by atoms with Gasteiger partial charge < -0.3 is 10.6 Å². The summed E-state index contributed by atoms with van der Waals surface area (Å²) in [5.74, 6) is -0.485. The number of carbonyl (C=O) groups is 1. The fourth-order valence-electron chi connectivity index (χ4n) is 1.92. The zero-order valence-corrected chi connectivity index (χ0v) is 12.6. The van der Waals surface area contributed by atoms with E-state index in [2.05, 4.69) is 10.6 Å². The van der Waals surface area contributed by atoms with Gasteiger partial charge in [-0.15, -0.1) is 0 Å². The molecule has 5 heteroatoms. The number of rotatable bonds is 4. The number of anilines is 2. The molecule has 0 aliphatic carbocycles. The van der Waals surface area contributed by atoms with Crippen molar-refractivity contribution in [2.75, 3.05) is 17.2 Å². The highest BCUT2D eigenvalue weighted by atomic mass is 35.5. The molecule has 0 fully saturated rings. The Morgan fingerprint density at radius 2 is 1.86 bits per heavy atom. The Bertz CT molecular complexity index is 673. The molecule has 0 radical (unpaired) electrons. The van der Waals surface area contributed by atoms with Crippen LogP contribution < -0.4 is 10.6 Å². The van der Waals surface area contributed by atoms with E-state index in [1.54, 1.807) is 25.1 Å². The van der Waals surface area contributed by atoms with Crippen molar-refractivity contribution in [1.29, 1.82) is 0 Å². The predicted octanol–water partition coefficient (Wildman–Crippen LogP) is 4.15. The van der Waals surface area contributed by atoms with Gasteiger partial charge in [-0.3, -0.25) is 4.79 Å². The van der Waals surface area contributed by atoms with Gasteiger partial charge in [-0.2, -0.15) is 0 Å². The van der Waals surface area contributed by atoms with Crippen molar-refractivity contribution in [3.63, 3.8) is 0 Å². The van der Waals surface area contributed by atoms with Crippen molar-refractivity contribution in [1.82, 2.24) is 0 Å². The molecular weight excluding hydrogens is 291 g/mol. The number of nitrogens with one attached hydrogen (secondary N) is 2. The maximum Gasteiger partial charge on any atom is 0.243 e. The summed E-state index contributed by atoms with van der Waals surface area (Å²) in [5, 5.41) is 6.34. The molecule has 110 valence electrons. The van der Waals surface area contributed by atoms with Crippen LogP contribution in [0.15, 0.2) is 36.4 Å². The minimum absolute atomic E-state index is 0.0957. The first-order chi connectivity index (χ1) is 9.95. The lowest BCUT2D eigenvalue weighted by atomic mass is 10.2. The van der Waals surface area contributed by atoms with E-state index in [1.807, 2.05) is 13.0 Å². The molecule has 2 aromatic rings. The largest absolute Gasteiger partial charge is 0.376 e. The van der Waals surface area contributed by atoms with E-state index in [4.69, 9.17) is 11.6 Å². The van der Waals surface area contributed by atoms with Crippen LogP contribution in [0, 0.1) is 19.7 Å². The number of halogens is 2. The highest BCUT2D eigenvalue weighted by Gasteiger charge is 2.06. The van der Waals surface area contributed by atoms with Crippen molar-refractivity contribution in [2.24, 2.45) is 0 Å². The van der Waals surface area contributed by atoms with Gasteiger partial charge in [0.15, 0.2) is 0 Å². The van der Waals surface area contributed by atoms with Crippen LogP contribution >= 0.6 is 11.6 Å². The van der Waals surface area contributed by atoms with Crippen LogP contribution in [0.1, 0.15) is 11.1 Å². The lowest BCUT2D eigenvalue weighted by Crippen LogP contribution is -2.22. The van der Waals surface area contributed by atoms with Gasteiger partial charge in [-0.25, -0.2) is 4.39 Å². The number of benzene rings is 2. The Hall–Kier alpha value is -2.07. The molecule has 0 heterocycles. The number of amides is 1. The van der Waals surface area contributed by atoms with Gasteiger partial charge in [0.05, 0.1) is 6.54 Å². The lowest BCUT2D eigenvalue weighted by Gasteiger charge is -2.11. The quantitative estimate of drug-likeness (QED) is 0.891. The van der Waals surface area contributed by atoms with Crippen molar-refractivity contribution in [2.45, 2.75) is 13.8 Å². The van der Waals surface area contributed by atoms with Crippen LogP contribution in [-0.2, 0) is 4.79 Å². The molecule has 0 bridgehead atoms. The molecular formula is C16H16ClFN2O. The van der Waals surface area contributed by atoms with E-state index in [9.17, 15) is 9.18 Å². The smallest absolute Gasteiger partial charge is 0.243 e. The van der Waals surface area contributed by atoms with Gasteiger partial charge in [-0.1, -0.05) is 17.7 Å². The summed E-state index contributed by atoms with van der Waals surface area (Å²) >= 11 is 5.91. The minimum atomic E-state index is -0.294. The van der Waals surface area contributed by atoms with Crippen molar-refractivity contribution in [3.8, 4) is 0 Å². The van der Waals surface area contributed by atoms with Gasteiger partial charge in [0.1, 0.15) is 5.82 Å². The summed E-state index contributed by atoms with van der Waals surface area (Å²) < 4.78 is 13.0. The molecule has 21 heavy (non-hydrogen) atoms. The van der Waals surface area contributed by atoms with E-state index in [0.29, 0.717) is 10.7 Å². The Morgan fingerprint density at radius 3 is 2.57 bits per heavy atom. The Labute approximate surface area is 128 Å². The first kappa shape index (κ1) is 15.3. The summed E-state index contributed by atoms with van der Waals surface area (Å²) in [5.41, 5.74) is 3.10. The molecule has 2 rings (SSSR count). The molecule has 0 aliphatic rings. The summed E-state index contributed by atoms with van der Waals surface area (Å²) in [6, 6.07) is 9.71. The summed E-state index contributed by atoms with van der Waals surface area (Å²) in [6.07, 6.45) is 0. The summed E-state index contributed by atoms with van der Waals surface area (Å²) in [4.78, 5) is 11.9. The Kier molecular flexibility index (Phi) is 4.81. The van der Waals surface area contributed by atoms with E-state index in [0.717, 1.165) is 16.8 Å². The van der Waals surface area contributed by atoms with Crippen molar-refractivity contribution < 1.29 is 9.18 Å². The molecule has 0 aliphatic heterocycles. The summed E-state index contributed by atoms with van der Waals surface area (Å²) in [7, 11) is 0. The van der Waals surface area contributed by atoms with E-state index >= 15 is 0 Å². The molecule has 0 saturated carbocycles. The van der Waals surface area contributed by atoms with Gasteiger partial charge in [-0.05, 0) is 55.3 Å². The van der Waals surface area contributed by atoms with Crippen LogP contribution in [0.3, 0.4) is 0 Å². The zero-order chi connectivity index (χ0) is 15.4. The van der Waals surface area contributed by atoms with Crippen molar-refractivity contribution in [3.05, 3.63) is 58.4 Å². The Morgan fingerprint density at radius 1 is 1.10 bits per heavy atom. The molecule has 3 nitrogen and oxygen atoms in total. The van der Waals surface area contributed by atoms with Gasteiger partial charge >= 0.3 is 0 Å².